The normalized spacial score (nSPS) is 12.0. The average molecular weight is 343 g/mol. The standard InChI is InChI=1S/C15H17N7OS/c1-24-9-8-12(14-19-21-22-20-14)17-15(23)18-13-7-6-10-4-2-3-5-11(10)16-13/h2-7,12H,8-9H2,1H3,(H2,16,17,18,23)(H,19,20,21,22)/t12-/m0/s1. The Balaban J connectivity index is 1.68. The second-order valence-electron chi connectivity index (χ2n) is 5.09. The number of urea groups is 1. The minimum atomic E-state index is -0.353. The number of amides is 2. The molecule has 0 saturated heterocycles. The van der Waals surface area contributed by atoms with Crippen LogP contribution in [0.1, 0.15) is 18.3 Å². The molecule has 2 aromatic heterocycles. The molecule has 24 heavy (non-hydrogen) atoms. The van der Waals surface area contributed by atoms with Crippen molar-refractivity contribution in [3.8, 4) is 0 Å². The molecule has 0 aliphatic heterocycles. The minimum Gasteiger partial charge on any atom is -0.328 e. The van der Waals surface area contributed by atoms with Crippen LogP contribution in [0.4, 0.5) is 10.6 Å². The topological polar surface area (TPSA) is 108 Å². The number of tetrazole rings is 1. The minimum absolute atomic E-state index is 0.309. The van der Waals surface area contributed by atoms with Crippen LogP contribution < -0.4 is 10.6 Å². The number of nitrogens with one attached hydrogen (secondary N) is 3. The fourth-order valence-corrected chi connectivity index (χ4v) is 2.74. The molecule has 2 amide bonds. The summed E-state index contributed by atoms with van der Waals surface area (Å²) in [6, 6.07) is 10.8. The van der Waals surface area contributed by atoms with E-state index in [1.807, 2.05) is 36.6 Å². The number of aromatic nitrogens is 5. The number of para-hydroxylation sites is 1. The van der Waals surface area contributed by atoms with E-state index in [-0.39, 0.29) is 12.1 Å². The van der Waals surface area contributed by atoms with Gasteiger partial charge in [-0.2, -0.15) is 17.0 Å². The van der Waals surface area contributed by atoms with Crippen molar-refractivity contribution in [3.63, 3.8) is 0 Å². The molecule has 0 radical (unpaired) electrons. The summed E-state index contributed by atoms with van der Waals surface area (Å²) in [5.74, 6) is 1.82. The zero-order valence-corrected chi connectivity index (χ0v) is 13.9. The molecule has 8 nitrogen and oxygen atoms in total. The Bertz CT molecular complexity index is 808. The maximum absolute atomic E-state index is 12.3. The number of carbonyl (C=O) groups excluding carboxylic acids is 1. The summed E-state index contributed by atoms with van der Waals surface area (Å²) in [5.41, 5.74) is 0.826. The van der Waals surface area contributed by atoms with Gasteiger partial charge in [0, 0.05) is 5.39 Å². The second kappa shape index (κ2) is 7.73. The lowest BCUT2D eigenvalue weighted by molar-refractivity contribution is 0.247. The van der Waals surface area contributed by atoms with Gasteiger partial charge in [-0.1, -0.05) is 23.4 Å². The number of anilines is 1. The summed E-state index contributed by atoms with van der Waals surface area (Å²) in [6.45, 7) is 0. The number of thioether (sulfide) groups is 1. The Hall–Kier alpha value is -2.68. The number of pyridine rings is 1. The maximum Gasteiger partial charge on any atom is 0.320 e. The van der Waals surface area contributed by atoms with E-state index in [0.29, 0.717) is 18.1 Å². The SMILES string of the molecule is CSCC[C@H](NC(=O)Nc1ccc2ccccc2n1)c1nn[nH]n1. The summed E-state index contributed by atoms with van der Waals surface area (Å²) in [7, 11) is 0. The van der Waals surface area contributed by atoms with Gasteiger partial charge in [0.05, 0.1) is 11.6 Å². The third-order valence-corrected chi connectivity index (χ3v) is 4.07. The van der Waals surface area contributed by atoms with Crippen molar-refractivity contribution in [2.75, 3.05) is 17.3 Å². The molecule has 9 heteroatoms. The van der Waals surface area contributed by atoms with Crippen molar-refractivity contribution in [1.29, 1.82) is 0 Å². The van der Waals surface area contributed by atoms with Crippen LogP contribution in [0.2, 0.25) is 0 Å². The fraction of sp³-hybridized carbons (Fsp3) is 0.267. The molecule has 124 valence electrons. The summed E-state index contributed by atoms with van der Waals surface area (Å²) in [6.07, 6.45) is 2.71. The molecule has 3 N–H and O–H groups in total. The van der Waals surface area contributed by atoms with Crippen LogP contribution in [0.25, 0.3) is 10.9 Å². The molecule has 0 spiro atoms. The van der Waals surface area contributed by atoms with Crippen molar-refractivity contribution in [2.24, 2.45) is 0 Å². The lowest BCUT2D eigenvalue weighted by Crippen LogP contribution is -2.33. The Morgan fingerprint density at radius 1 is 1.29 bits per heavy atom. The molecule has 2 heterocycles. The molecule has 0 bridgehead atoms. The van der Waals surface area contributed by atoms with Crippen molar-refractivity contribution < 1.29 is 4.79 Å². The maximum atomic E-state index is 12.3. The Morgan fingerprint density at radius 3 is 2.96 bits per heavy atom. The van der Waals surface area contributed by atoms with E-state index in [1.165, 1.54) is 0 Å². The lowest BCUT2D eigenvalue weighted by Gasteiger charge is -2.15. The number of benzene rings is 1. The summed E-state index contributed by atoms with van der Waals surface area (Å²) < 4.78 is 0. The molecule has 0 saturated carbocycles. The van der Waals surface area contributed by atoms with Gasteiger partial charge >= 0.3 is 6.03 Å². The highest BCUT2D eigenvalue weighted by atomic mass is 32.2. The highest BCUT2D eigenvalue weighted by Gasteiger charge is 2.18. The van der Waals surface area contributed by atoms with E-state index in [1.54, 1.807) is 17.8 Å². The number of hydrogen-bond acceptors (Lipinski definition) is 6. The van der Waals surface area contributed by atoms with Crippen molar-refractivity contribution in [3.05, 3.63) is 42.2 Å². The van der Waals surface area contributed by atoms with Gasteiger partial charge in [0.15, 0.2) is 5.82 Å². The smallest absolute Gasteiger partial charge is 0.320 e. The van der Waals surface area contributed by atoms with Crippen LogP contribution in [-0.4, -0.2) is 43.6 Å². The number of rotatable bonds is 6. The molecule has 0 aliphatic rings. The molecule has 0 fully saturated rings. The number of aromatic amines is 1. The fourth-order valence-electron chi connectivity index (χ4n) is 2.26. The van der Waals surface area contributed by atoms with Crippen LogP contribution in [0.3, 0.4) is 0 Å². The van der Waals surface area contributed by atoms with E-state index >= 15 is 0 Å². The Labute approximate surface area is 142 Å². The van der Waals surface area contributed by atoms with E-state index in [4.69, 9.17) is 0 Å². The quantitative estimate of drug-likeness (QED) is 0.634. The largest absolute Gasteiger partial charge is 0.328 e. The number of H-pyrrole nitrogens is 1. The van der Waals surface area contributed by atoms with Gasteiger partial charge in [-0.3, -0.25) is 5.32 Å². The zero-order chi connectivity index (χ0) is 16.8. The summed E-state index contributed by atoms with van der Waals surface area (Å²) >= 11 is 1.69. The average Bonchev–Trinajstić information content (AvgIpc) is 3.13. The summed E-state index contributed by atoms with van der Waals surface area (Å²) in [4.78, 5) is 16.7. The summed E-state index contributed by atoms with van der Waals surface area (Å²) in [5, 5.41) is 20.5. The second-order valence-corrected chi connectivity index (χ2v) is 6.08. The predicted molar refractivity (Wildman–Crippen MR) is 93.8 cm³/mol. The first-order valence-corrected chi connectivity index (χ1v) is 8.81. The van der Waals surface area contributed by atoms with E-state index in [2.05, 4.69) is 36.2 Å². The first kappa shape index (κ1) is 16.2. The van der Waals surface area contributed by atoms with Gasteiger partial charge in [0.25, 0.3) is 0 Å². The van der Waals surface area contributed by atoms with Gasteiger partial charge < -0.3 is 5.32 Å². The van der Waals surface area contributed by atoms with Crippen molar-refractivity contribution >= 4 is 34.5 Å². The highest BCUT2D eigenvalue weighted by Crippen LogP contribution is 2.16. The molecule has 0 aliphatic carbocycles. The number of hydrogen-bond donors (Lipinski definition) is 3. The van der Waals surface area contributed by atoms with Crippen LogP contribution in [0.5, 0.6) is 0 Å². The molecule has 3 rings (SSSR count). The van der Waals surface area contributed by atoms with Gasteiger partial charge in [0.2, 0.25) is 0 Å². The zero-order valence-electron chi connectivity index (χ0n) is 13.1. The first-order valence-electron chi connectivity index (χ1n) is 7.42. The van der Waals surface area contributed by atoms with Crippen molar-refractivity contribution in [1.82, 2.24) is 30.9 Å². The highest BCUT2D eigenvalue weighted by molar-refractivity contribution is 7.98. The monoisotopic (exact) mass is 343 g/mol. The van der Waals surface area contributed by atoms with Gasteiger partial charge in [-0.25, -0.2) is 9.78 Å². The Morgan fingerprint density at radius 2 is 2.17 bits per heavy atom. The first-order chi connectivity index (χ1) is 11.8. The molecular formula is C15H17N7OS. The van der Waals surface area contributed by atoms with Gasteiger partial charge in [-0.15, -0.1) is 10.2 Å². The third-order valence-electron chi connectivity index (χ3n) is 3.43. The number of nitrogens with zero attached hydrogens (tertiary/aromatic N) is 4. The van der Waals surface area contributed by atoms with Gasteiger partial charge in [0.1, 0.15) is 5.82 Å². The lowest BCUT2D eigenvalue weighted by atomic mass is 10.2. The molecular weight excluding hydrogens is 326 g/mol. The van der Waals surface area contributed by atoms with Crippen molar-refractivity contribution in [2.45, 2.75) is 12.5 Å². The molecule has 3 aromatic rings. The third kappa shape index (κ3) is 3.99. The molecule has 1 atom stereocenters. The van der Waals surface area contributed by atoms with Crippen LogP contribution in [-0.2, 0) is 0 Å². The van der Waals surface area contributed by atoms with Crippen LogP contribution >= 0.6 is 11.8 Å². The van der Waals surface area contributed by atoms with Crippen LogP contribution in [0.15, 0.2) is 36.4 Å². The number of carbonyl (C=O) groups is 1. The van der Waals surface area contributed by atoms with E-state index < -0.39 is 0 Å². The molecule has 0 unspecified atom stereocenters. The number of fused-ring (bicyclic) bond motifs is 1. The molecule has 1 aromatic carbocycles. The Kier molecular flexibility index (Phi) is 5.22. The van der Waals surface area contributed by atoms with Crippen LogP contribution in [0, 0.1) is 0 Å². The van der Waals surface area contributed by atoms with E-state index in [9.17, 15) is 4.79 Å². The van der Waals surface area contributed by atoms with E-state index in [0.717, 1.165) is 16.7 Å². The predicted octanol–water partition coefficient (Wildman–Crippen LogP) is 2.36. The van der Waals surface area contributed by atoms with Gasteiger partial charge in [-0.05, 0) is 36.6 Å².